The molecule has 0 radical (unpaired) electrons. The van der Waals surface area contributed by atoms with E-state index in [1.807, 2.05) is 0 Å². The smallest absolute Gasteiger partial charge is 0.151 e. The summed E-state index contributed by atoms with van der Waals surface area (Å²) in [5.41, 5.74) is 0. The van der Waals surface area contributed by atoms with Crippen molar-refractivity contribution in [2.24, 2.45) is 5.92 Å². The van der Waals surface area contributed by atoms with Crippen LogP contribution in [0.3, 0.4) is 0 Å². The highest BCUT2D eigenvalue weighted by Crippen LogP contribution is 2.29. The average Bonchev–Trinajstić information content (AvgIpc) is 2.86. The molecule has 18 heavy (non-hydrogen) atoms. The lowest BCUT2D eigenvalue weighted by atomic mass is 9.89. The molecule has 2 fully saturated rings. The topological polar surface area (TPSA) is 49.4 Å². The molecule has 4 nitrogen and oxygen atoms in total. The molecule has 0 aliphatic carbocycles. The highest BCUT2D eigenvalue weighted by atomic mass is 32.2. The predicted octanol–water partition coefficient (Wildman–Crippen LogP) is 0.885. The maximum atomic E-state index is 11.6. The van der Waals surface area contributed by atoms with Crippen LogP contribution in [0.1, 0.15) is 32.6 Å². The highest BCUT2D eigenvalue weighted by Gasteiger charge is 2.32. The van der Waals surface area contributed by atoms with Crippen LogP contribution in [-0.2, 0) is 9.84 Å². The highest BCUT2D eigenvalue weighted by molar-refractivity contribution is 7.91. The van der Waals surface area contributed by atoms with Crippen LogP contribution in [0, 0.1) is 5.92 Å². The molecule has 2 aliphatic heterocycles. The molecule has 0 aromatic heterocycles. The van der Waals surface area contributed by atoms with Crippen molar-refractivity contribution in [1.82, 2.24) is 10.2 Å². The van der Waals surface area contributed by atoms with Crippen molar-refractivity contribution in [3.05, 3.63) is 0 Å². The van der Waals surface area contributed by atoms with Gasteiger partial charge in [0.25, 0.3) is 0 Å². The summed E-state index contributed by atoms with van der Waals surface area (Å²) in [7, 11) is -2.82. The van der Waals surface area contributed by atoms with E-state index in [1.165, 1.54) is 25.7 Å². The normalized spacial score (nSPS) is 27.7. The number of nitrogens with zero attached hydrogens (tertiary/aromatic N) is 1. The van der Waals surface area contributed by atoms with Gasteiger partial charge in [0, 0.05) is 18.3 Å². The summed E-state index contributed by atoms with van der Waals surface area (Å²) >= 11 is 0. The second kappa shape index (κ2) is 6.35. The second-order valence-corrected chi connectivity index (χ2v) is 8.04. The molecule has 106 valence electrons. The number of hydrogen-bond donors (Lipinski definition) is 1. The van der Waals surface area contributed by atoms with Gasteiger partial charge in [-0.3, -0.25) is 4.90 Å². The van der Waals surface area contributed by atoms with Gasteiger partial charge < -0.3 is 5.32 Å². The number of hydrogen-bond acceptors (Lipinski definition) is 4. The molecule has 1 unspecified atom stereocenters. The number of sulfone groups is 1. The minimum absolute atomic E-state index is 0.277. The Morgan fingerprint density at radius 1 is 1.22 bits per heavy atom. The number of rotatable bonds is 5. The van der Waals surface area contributed by atoms with E-state index in [-0.39, 0.29) is 5.75 Å². The molecule has 2 heterocycles. The summed E-state index contributed by atoms with van der Waals surface area (Å²) in [6, 6.07) is 0.638. The van der Waals surface area contributed by atoms with Crippen molar-refractivity contribution >= 4 is 9.84 Å². The van der Waals surface area contributed by atoms with Crippen molar-refractivity contribution in [2.45, 2.75) is 38.6 Å². The fraction of sp³-hybridized carbons (Fsp3) is 1.00. The Hall–Kier alpha value is -0.130. The largest absolute Gasteiger partial charge is 0.317 e. The predicted molar refractivity (Wildman–Crippen MR) is 74.5 cm³/mol. The van der Waals surface area contributed by atoms with Gasteiger partial charge >= 0.3 is 0 Å². The standard InChI is InChI=1S/C13H26N2O2S/c1-2-18(16,17)11-10-15-9-3-4-13(15)12-5-7-14-8-6-12/h12-14H,2-11H2,1H3. The molecule has 0 aromatic rings. The van der Waals surface area contributed by atoms with Crippen molar-refractivity contribution in [2.75, 3.05) is 37.7 Å². The average molecular weight is 274 g/mol. The zero-order valence-electron chi connectivity index (χ0n) is 11.4. The Morgan fingerprint density at radius 3 is 2.61 bits per heavy atom. The van der Waals surface area contributed by atoms with Crippen LogP contribution >= 0.6 is 0 Å². The van der Waals surface area contributed by atoms with Crippen LogP contribution in [0.2, 0.25) is 0 Å². The molecule has 0 bridgehead atoms. The Balaban J connectivity index is 1.87. The molecule has 0 aromatic carbocycles. The Bertz CT molecular complexity index is 350. The molecule has 1 atom stereocenters. The Morgan fingerprint density at radius 2 is 1.94 bits per heavy atom. The fourth-order valence-electron chi connectivity index (χ4n) is 3.29. The van der Waals surface area contributed by atoms with Crippen molar-refractivity contribution in [3.63, 3.8) is 0 Å². The first-order valence-electron chi connectivity index (χ1n) is 7.27. The summed E-state index contributed by atoms with van der Waals surface area (Å²) in [5, 5.41) is 3.40. The molecule has 2 aliphatic rings. The van der Waals surface area contributed by atoms with E-state index in [0.29, 0.717) is 11.8 Å². The molecule has 0 spiro atoms. The zero-order valence-corrected chi connectivity index (χ0v) is 12.2. The van der Waals surface area contributed by atoms with Gasteiger partial charge in [0.1, 0.15) is 0 Å². The third-order valence-electron chi connectivity index (χ3n) is 4.47. The maximum Gasteiger partial charge on any atom is 0.151 e. The molecule has 0 amide bonds. The Labute approximate surface area is 111 Å². The number of nitrogens with one attached hydrogen (secondary N) is 1. The van der Waals surface area contributed by atoms with E-state index in [2.05, 4.69) is 10.2 Å². The lowest BCUT2D eigenvalue weighted by Crippen LogP contribution is -2.42. The van der Waals surface area contributed by atoms with Crippen LogP contribution in [0.15, 0.2) is 0 Å². The van der Waals surface area contributed by atoms with Crippen molar-refractivity contribution < 1.29 is 8.42 Å². The molecular weight excluding hydrogens is 248 g/mol. The van der Waals surface area contributed by atoms with Crippen LogP contribution < -0.4 is 5.32 Å². The van der Waals surface area contributed by atoms with Gasteiger partial charge in [-0.15, -0.1) is 0 Å². The summed E-state index contributed by atoms with van der Waals surface area (Å²) in [6.07, 6.45) is 5.00. The minimum Gasteiger partial charge on any atom is -0.317 e. The third kappa shape index (κ3) is 3.68. The summed E-state index contributed by atoms with van der Waals surface area (Å²) in [6.45, 7) is 5.83. The molecular formula is C13H26N2O2S. The SMILES string of the molecule is CCS(=O)(=O)CCN1CCCC1C1CCNCC1. The van der Waals surface area contributed by atoms with Crippen molar-refractivity contribution in [3.8, 4) is 0 Å². The lowest BCUT2D eigenvalue weighted by Gasteiger charge is -2.34. The number of piperidine rings is 1. The number of likely N-dealkylation sites (tertiary alicyclic amines) is 1. The molecule has 0 saturated carbocycles. The van der Waals surface area contributed by atoms with Crippen LogP contribution in [0.25, 0.3) is 0 Å². The zero-order chi connectivity index (χ0) is 13.0. The first-order valence-corrected chi connectivity index (χ1v) is 9.09. The van der Waals surface area contributed by atoms with Crippen molar-refractivity contribution in [1.29, 1.82) is 0 Å². The van der Waals surface area contributed by atoms with E-state index in [9.17, 15) is 8.42 Å². The van der Waals surface area contributed by atoms with Gasteiger partial charge in [-0.2, -0.15) is 0 Å². The van der Waals surface area contributed by atoms with Gasteiger partial charge in [0.2, 0.25) is 0 Å². The molecule has 1 N–H and O–H groups in total. The van der Waals surface area contributed by atoms with Gasteiger partial charge in [0.15, 0.2) is 9.84 Å². The molecule has 2 rings (SSSR count). The lowest BCUT2D eigenvalue weighted by molar-refractivity contribution is 0.170. The van der Waals surface area contributed by atoms with Gasteiger partial charge in [-0.25, -0.2) is 8.42 Å². The van der Waals surface area contributed by atoms with Crippen LogP contribution in [0.4, 0.5) is 0 Å². The monoisotopic (exact) mass is 274 g/mol. The van der Waals surface area contributed by atoms with E-state index in [0.717, 1.165) is 32.1 Å². The second-order valence-electron chi connectivity index (χ2n) is 5.57. The quantitative estimate of drug-likeness (QED) is 0.809. The van der Waals surface area contributed by atoms with Gasteiger partial charge in [0.05, 0.1) is 5.75 Å². The summed E-state index contributed by atoms with van der Waals surface area (Å²) in [5.74, 6) is 1.39. The van der Waals surface area contributed by atoms with E-state index >= 15 is 0 Å². The van der Waals surface area contributed by atoms with E-state index in [4.69, 9.17) is 0 Å². The summed E-state index contributed by atoms with van der Waals surface area (Å²) in [4.78, 5) is 2.43. The molecule has 2 saturated heterocycles. The third-order valence-corrected chi connectivity index (χ3v) is 6.16. The summed E-state index contributed by atoms with van der Waals surface area (Å²) < 4.78 is 23.2. The van der Waals surface area contributed by atoms with Gasteiger partial charge in [-0.1, -0.05) is 6.92 Å². The van der Waals surface area contributed by atoms with E-state index in [1.54, 1.807) is 6.92 Å². The van der Waals surface area contributed by atoms with Gasteiger partial charge in [-0.05, 0) is 51.2 Å². The maximum absolute atomic E-state index is 11.6. The first-order chi connectivity index (χ1) is 8.62. The molecule has 5 heteroatoms. The van der Waals surface area contributed by atoms with E-state index < -0.39 is 9.84 Å². The minimum atomic E-state index is -2.82. The fourth-order valence-corrected chi connectivity index (χ4v) is 4.09. The van der Waals surface area contributed by atoms with Crippen LogP contribution in [-0.4, -0.2) is 57.0 Å². The Kier molecular flexibility index (Phi) is 5.04. The first kappa shape index (κ1) is 14.3. The van der Waals surface area contributed by atoms with Crippen LogP contribution in [0.5, 0.6) is 0 Å².